The molecule has 0 atom stereocenters. The van der Waals surface area contributed by atoms with Gasteiger partial charge in [-0.25, -0.2) is 4.98 Å². The normalized spacial score (nSPS) is 11.2. The number of pyridine rings is 1. The van der Waals surface area contributed by atoms with Gasteiger partial charge in [-0.1, -0.05) is 5.92 Å². The van der Waals surface area contributed by atoms with Crippen molar-refractivity contribution in [1.82, 2.24) is 10.3 Å². The van der Waals surface area contributed by atoms with Crippen molar-refractivity contribution in [2.45, 2.75) is 46.7 Å². The molecule has 0 aliphatic rings. The minimum absolute atomic E-state index is 0.112. The number of nitrogens with zero attached hydrogens (tertiary/aromatic N) is 2. The third-order valence-electron chi connectivity index (χ3n) is 2.81. The van der Waals surface area contributed by atoms with E-state index in [-0.39, 0.29) is 5.54 Å². The van der Waals surface area contributed by atoms with E-state index < -0.39 is 0 Å². The van der Waals surface area contributed by atoms with Gasteiger partial charge in [0.05, 0.1) is 6.54 Å². The lowest BCUT2D eigenvalue weighted by atomic mass is 10.1. The SMILES string of the molecule is C#CCN(CC)c1cc(CNC(C)(C)C)cc(C)n1. The summed E-state index contributed by atoms with van der Waals surface area (Å²) in [6.45, 7) is 12.9. The minimum atomic E-state index is 0.112. The first kappa shape index (κ1) is 15.5. The highest BCUT2D eigenvalue weighted by atomic mass is 15.2. The van der Waals surface area contributed by atoms with E-state index in [0.29, 0.717) is 6.54 Å². The van der Waals surface area contributed by atoms with Crippen LogP contribution in [0, 0.1) is 19.3 Å². The molecule has 0 saturated heterocycles. The van der Waals surface area contributed by atoms with Gasteiger partial charge in [-0.2, -0.15) is 0 Å². The van der Waals surface area contributed by atoms with Crippen molar-refractivity contribution in [1.29, 1.82) is 0 Å². The van der Waals surface area contributed by atoms with Crippen molar-refractivity contribution < 1.29 is 0 Å². The van der Waals surface area contributed by atoms with Crippen LogP contribution in [0.4, 0.5) is 5.82 Å². The molecule has 0 fully saturated rings. The standard InChI is InChI=1S/C16H25N3/c1-7-9-19(8-2)15-11-14(10-13(3)18-15)12-17-16(4,5)6/h1,10-11,17H,8-9,12H2,2-6H3. The average molecular weight is 259 g/mol. The number of rotatable bonds is 5. The molecule has 1 aromatic heterocycles. The predicted octanol–water partition coefficient (Wildman–Crippen LogP) is 2.74. The second-order valence-electron chi connectivity index (χ2n) is 5.80. The molecule has 0 saturated carbocycles. The molecule has 3 nitrogen and oxygen atoms in total. The lowest BCUT2D eigenvalue weighted by Crippen LogP contribution is -2.35. The van der Waals surface area contributed by atoms with Crippen molar-refractivity contribution in [3.05, 3.63) is 23.4 Å². The second kappa shape index (κ2) is 6.58. The number of aromatic nitrogens is 1. The first-order valence-corrected chi connectivity index (χ1v) is 6.76. The van der Waals surface area contributed by atoms with E-state index in [4.69, 9.17) is 6.42 Å². The monoisotopic (exact) mass is 259 g/mol. The molecule has 0 aromatic carbocycles. The first-order chi connectivity index (χ1) is 8.85. The fraction of sp³-hybridized carbons (Fsp3) is 0.562. The summed E-state index contributed by atoms with van der Waals surface area (Å²) in [7, 11) is 0. The fourth-order valence-electron chi connectivity index (χ4n) is 1.82. The van der Waals surface area contributed by atoms with Crippen LogP contribution in [-0.2, 0) is 6.54 Å². The van der Waals surface area contributed by atoms with Crippen molar-refractivity contribution in [2.24, 2.45) is 0 Å². The molecule has 104 valence electrons. The first-order valence-electron chi connectivity index (χ1n) is 6.76. The Morgan fingerprint density at radius 2 is 2.05 bits per heavy atom. The zero-order valence-corrected chi connectivity index (χ0v) is 12.7. The number of aryl methyl sites for hydroxylation is 1. The summed E-state index contributed by atoms with van der Waals surface area (Å²) in [6, 6.07) is 4.23. The van der Waals surface area contributed by atoms with Crippen LogP contribution in [-0.4, -0.2) is 23.6 Å². The zero-order valence-electron chi connectivity index (χ0n) is 12.7. The number of hydrogen-bond acceptors (Lipinski definition) is 3. The van der Waals surface area contributed by atoms with Crippen LogP contribution in [0.5, 0.6) is 0 Å². The molecule has 0 bridgehead atoms. The summed E-state index contributed by atoms with van der Waals surface area (Å²) in [5.41, 5.74) is 2.38. The maximum atomic E-state index is 5.40. The highest BCUT2D eigenvalue weighted by molar-refractivity contribution is 5.43. The van der Waals surface area contributed by atoms with Crippen LogP contribution in [0.2, 0.25) is 0 Å². The molecule has 0 radical (unpaired) electrons. The van der Waals surface area contributed by atoms with E-state index in [1.165, 1.54) is 5.56 Å². The Hall–Kier alpha value is -1.53. The Labute approximate surface area is 117 Å². The van der Waals surface area contributed by atoms with Crippen LogP contribution >= 0.6 is 0 Å². The lowest BCUT2D eigenvalue weighted by molar-refractivity contribution is 0.424. The molecule has 0 unspecified atom stereocenters. The largest absolute Gasteiger partial charge is 0.346 e. The van der Waals surface area contributed by atoms with E-state index in [9.17, 15) is 0 Å². The van der Waals surface area contributed by atoms with Crippen molar-refractivity contribution in [3.63, 3.8) is 0 Å². The lowest BCUT2D eigenvalue weighted by Gasteiger charge is -2.23. The van der Waals surface area contributed by atoms with Gasteiger partial charge in [0.15, 0.2) is 0 Å². The van der Waals surface area contributed by atoms with Crippen LogP contribution in [0.3, 0.4) is 0 Å². The highest BCUT2D eigenvalue weighted by Crippen LogP contribution is 2.15. The molecular formula is C16H25N3. The van der Waals surface area contributed by atoms with E-state index in [0.717, 1.165) is 24.6 Å². The fourth-order valence-corrected chi connectivity index (χ4v) is 1.82. The smallest absolute Gasteiger partial charge is 0.129 e. The van der Waals surface area contributed by atoms with Gasteiger partial charge in [-0.3, -0.25) is 0 Å². The summed E-state index contributed by atoms with van der Waals surface area (Å²) in [5, 5.41) is 3.49. The van der Waals surface area contributed by atoms with Gasteiger partial charge in [0, 0.05) is 24.3 Å². The van der Waals surface area contributed by atoms with Crippen LogP contribution in [0.1, 0.15) is 39.0 Å². The number of anilines is 1. The molecule has 0 aliphatic carbocycles. The van der Waals surface area contributed by atoms with E-state index in [1.54, 1.807) is 0 Å². The Bertz CT molecular complexity index is 452. The molecule has 1 heterocycles. The highest BCUT2D eigenvalue weighted by Gasteiger charge is 2.11. The molecular weight excluding hydrogens is 234 g/mol. The van der Waals surface area contributed by atoms with Crippen molar-refractivity contribution in [3.8, 4) is 12.3 Å². The molecule has 0 aliphatic heterocycles. The quantitative estimate of drug-likeness (QED) is 0.824. The molecule has 19 heavy (non-hydrogen) atoms. The number of nitrogens with one attached hydrogen (secondary N) is 1. The molecule has 0 spiro atoms. The molecule has 3 heteroatoms. The zero-order chi connectivity index (χ0) is 14.5. The van der Waals surface area contributed by atoms with Gasteiger partial charge in [-0.15, -0.1) is 6.42 Å². The number of terminal acetylenes is 1. The van der Waals surface area contributed by atoms with Crippen LogP contribution in [0.15, 0.2) is 12.1 Å². The number of hydrogen-bond donors (Lipinski definition) is 1. The van der Waals surface area contributed by atoms with Crippen molar-refractivity contribution in [2.75, 3.05) is 18.0 Å². The summed E-state index contributed by atoms with van der Waals surface area (Å²) in [6.07, 6.45) is 5.40. The Kier molecular flexibility index (Phi) is 5.38. The van der Waals surface area contributed by atoms with Gasteiger partial charge >= 0.3 is 0 Å². The van der Waals surface area contributed by atoms with Gasteiger partial charge < -0.3 is 10.2 Å². The van der Waals surface area contributed by atoms with Gasteiger partial charge in [-0.05, 0) is 52.3 Å². The van der Waals surface area contributed by atoms with Crippen LogP contribution in [0.25, 0.3) is 0 Å². The molecule has 1 rings (SSSR count). The summed E-state index contributed by atoms with van der Waals surface area (Å²) < 4.78 is 0. The molecule has 0 amide bonds. The Morgan fingerprint density at radius 1 is 1.37 bits per heavy atom. The third kappa shape index (κ3) is 5.32. The van der Waals surface area contributed by atoms with Gasteiger partial charge in [0.25, 0.3) is 0 Å². The van der Waals surface area contributed by atoms with Gasteiger partial charge in [0.1, 0.15) is 5.82 Å². The Morgan fingerprint density at radius 3 is 2.58 bits per heavy atom. The maximum Gasteiger partial charge on any atom is 0.129 e. The van der Waals surface area contributed by atoms with Crippen molar-refractivity contribution >= 4 is 5.82 Å². The van der Waals surface area contributed by atoms with E-state index >= 15 is 0 Å². The maximum absolute atomic E-state index is 5.40. The Balaban J connectivity index is 2.90. The van der Waals surface area contributed by atoms with Crippen LogP contribution < -0.4 is 10.2 Å². The van der Waals surface area contributed by atoms with E-state index in [1.807, 2.05) is 6.92 Å². The molecule has 1 N–H and O–H groups in total. The third-order valence-corrected chi connectivity index (χ3v) is 2.81. The second-order valence-corrected chi connectivity index (χ2v) is 5.80. The summed E-state index contributed by atoms with van der Waals surface area (Å²) >= 11 is 0. The van der Waals surface area contributed by atoms with Gasteiger partial charge in [0.2, 0.25) is 0 Å². The average Bonchev–Trinajstić information content (AvgIpc) is 2.32. The summed E-state index contributed by atoms with van der Waals surface area (Å²) in [4.78, 5) is 6.68. The summed E-state index contributed by atoms with van der Waals surface area (Å²) in [5.74, 6) is 3.65. The minimum Gasteiger partial charge on any atom is -0.346 e. The predicted molar refractivity (Wildman–Crippen MR) is 82.3 cm³/mol. The van der Waals surface area contributed by atoms with E-state index in [2.05, 4.69) is 60.9 Å². The topological polar surface area (TPSA) is 28.2 Å². The molecule has 1 aromatic rings.